The van der Waals surface area contributed by atoms with Crippen molar-refractivity contribution in [3.8, 4) is 6.07 Å². The van der Waals surface area contributed by atoms with Crippen molar-refractivity contribution in [2.75, 3.05) is 11.4 Å². The summed E-state index contributed by atoms with van der Waals surface area (Å²) in [5.41, 5.74) is 2.69. The second-order valence-electron chi connectivity index (χ2n) is 6.26. The molecule has 1 aromatic rings. The minimum absolute atomic E-state index is 0.107. The SMILES string of the molecule is CC1Cc2ccccc2N1CC1(C#N)CCCCC1. The predicted octanol–water partition coefficient (Wildman–Crippen LogP) is 3.91. The number of benzene rings is 1. The molecule has 0 radical (unpaired) electrons. The van der Waals surface area contributed by atoms with Crippen LogP contribution in [0, 0.1) is 16.7 Å². The van der Waals surface area contributed by atoms with E-state index in [2.05, 4.69) is 42.2 Å². The van der Waals surface area contributed by atoms with Crippen LogP contribution >= 0.6 is 0 Å². The van der Waals surface area contributed by atoms with Crippen molar-refractivity contribution >= 4 is 5.69 Å². The maximum Gasteiger partial charge on any atom is 0.0748 e. The summed E-state index contributed by atoms with van der Waals surface area (Å²) in [5, 5.41) is 9.66. The number of hydrogen-bond donors (Lipinski definition) is 0. The molecule has 1 heterocycles. The number of rotatable bonds is 2. The minimum Gasteiger partial charge on any atom is -0.367 e. The molecule has 1 saturated carbocycles. The summed E-state index contributed by atoms with van der Waals surface area (Å²) < 4.78 is 0. The molecule has 1 fully saturated rings. The first-order valence-corrected chi connectivity index (χ1v) is 7.50. The largest absolute Gasteiger partial charge is 0.367 e. The first-order valence-electron chi connectivity index (χ1n) is 7.50. The van der Waals surface area contributed by atoms with E-state index in [1.54, 1.807) is 0 Å². The number of hydrogen-bond acceptors (Lipinski definition) is 2. The Morgan fingerprint density at radius 3 is 2.74 bits per heavy atom. The van der Waals surface area contributed by atoms with Gasteiger partial charge in [-0.3, -0.25) is 0 Å². The topological polar surface area (TPSA) is 27.0 Å². The van der Waals surface area contributed by atoms with E-state index in [-0.39, 0.29) is 5.41 Å². The van der Waals surface area contributed by atoms with Crippen molar-refractivity contribution < 1.29 is 0 Å². The highest BCUT2D eigenvalue weighted by molar-refractivity contribution is 5.59. The summed E-state index contributed by atoms with van der Waals surface area (Å²) in [6.45, 7) is 3.20. The van der Waals surface area contributed by atoms with Gasteiger partial charge in [0.2, 0.25) is 0 Å². The summed E-state index contributed by atoms with van der Waals surface area (Å²) in [4.78, 5) is 2.48. The lowest BCUT2D eigenvalue weighted by Gasteiger charge is -2.37. The molecule has 2 aliphatic rings. The van der Waals surface area contributed by atoms with Gasteiger partial charge < -0.3 is 4.90 Å². The molecule has 0 bridgehead atoms. The van der Waals surface area contributed by atoms with E-state index in [9.17, 15) is 5.26 Å². The number of anilines is 1. The fourth-order valence-electron chi connectivity index (χ4n) is 3.73. The Hall–Kier alpha value is -1.49. The van der Waals surface area contributed by atoms with E-state index in [0.29, 0.717) is 6.04 Å². The highest BCUT2D eigenvalue weighted by Crippen LogP contribution is 2.40. The molecule has 0 saturated heterocycles. The zero-order chi connectivity index (χ0) is 13.3. The van der Waals surface area contributed by atoms with Crippen LogP contribution in [0.5, 0.6) is 0 Å². The number of nitriles is 1. The van der Waals surface area contributed by atoms with Crippen LogP contribution in [-0.4, -0.2) is 12.6 Å². The average Bonchev–Trinajstić information content (AvgIpc) is 2.76. The molecular formula is C17H22N2. The van der Waals surface area contributed by atoms with Crippen molar-refractivity contribution in [3.63, 3.8) is 0 Å². The molecule has 0 N–H and O–H groups in total. The molecule has 0 amide bonds. The third-order valence-corrected chi connectivity index (χ3v) is 4.87. The Labute approximate surface area is 116 Å². The number of fused-ring (bicyclic) bond motifs is 1. The summed E-state index contributed by atoms with van der Waals surface area (Å²) >= 11 is 0. The van der Waals surface area contributed by atoms with Crippen LogP contribution in [0.25, 0.3) is 0 Å². The van der Waals surface area contributed by atoms with Crippen LogP contribution in [-0.2, 0) is 6.42 Å². The molecular weight excluding hydrogens is 232 g/mol. The molecule has 1 aliphatic heterocycles. The van der Waals surface area contributed by atoms with Gasteiger partial charge in [0.15, 0.2) is 0 Å². The molecule has 1 unspecified atom stereocenters. The summed E-state index contributed by atoms with van der Waals surface area (Å²) in [6, 6.07) is 11.9. The second kappa shape index (κ2) is 4.89. The summed E-state index contributed by atoms with van der Waals surface area (Å²) in [5.74, 6) is 0. The van der Waals surface area contributed by atoms with Gasteiger partial charge in [-0.15, -0.1) is 0 Å². The molecule has 2 heteroatoms. The Balaban J connectivity index is 1.85. The third kappa shape index (κ3) is 2.23. The van der Waals surface area contributed by atoms with Gasteiger partial charge in [0.05, 0.1) is 11.5 Å². The van der Waals surface area contributed by atoms with E-state index < -0.39 is 0 Å². The molecule has 100 valence electrons. The molecule has 19 heavy (non-hydrogen) atoms. The van der Waals surface area contributed by atoms with Crippen LogP contribution in [0.4, 0.5) is 5.69 Å². The lowest BCUT2D eigenvalue weighted by molar-refractivity contribution is 0.267. The van der Waals surface area contributed by atoms with Crippen molar-refractivity contribution in [1.82, 2.24) is 0 Å². The van der Waals surface area contributed by atoms with Crippen LogP contribution < -0.4 is 4.90 Å². The van der Waals surface area contributed by atoms with E-state index in [1.165, 1.54) is 30.5 Å². The van der Waals surface area contributed by atoms with Crippen molar-refractivity contribution in [2.24, 2.45) is 5.41 Å². The van der Waals surface area contributed by atoms with Crippen LogP contribution in [0.3, 0.4) is 0 Å². The van der Waals surface area contributed by atoms with Gasteiger partial charge >= 0.3 is 0 Å². The van der Waals surface area contributed by atoms with Gasteiger partial charge in [0, 0.05) is 18.3 Å². The molecule has 1 atom stereocenters. The molecule has 0 spiro atoms. The third-order valence-electron chi connectivity index (χ3n) is 4.87. The molecule has 0 aromatic heterocycles. The van der Waals surface area contributed by atoms with Gasteiger partial charge in [-0.25, -0.2) is 0 Å². The number of para-hydroxylation sites is 1. The minimum atomic E-state index is -0.107. The first-order chi connectivity index (χ1) is 9.24. The van der Waals surface area contributed by atoms with Gasteiger partial charge in [0.1, 0.15) is 0 Å². The van der Waals surface area contributed by atoms with E-state index in [4.69, 9.17) is 0 Å². The van der Waals surface area contributed by atoms with Crippen molar-refractivity contribution in [1.29, 1.82) is 5.26 Å². The Morgan fingerprint density at radius 1 is 1.26 bits per heavy atom. The van der Waals surface area contributed by atoms with Crippen LogP contribution in [0.15, 0.2) is 24.3 Å². The van der Waals surface area contributed by atoms with E-state index >= 15 is 0 Å². The lowest BCUT2D eigenvalue weighted by atomic mass is 9.74. The van der Waals surface area contributed by atoms with E-state index in [1.807, 2.05) is 0 Å². The van der Waals surface area contributed by atoms with Crippen molar-refractivity contribution in [2.45, 2.75) is 51.5 Å². The van der Waals surface area contributed by atoms with Crippen LogP contribution in [0.2, 0.25) is 0 Å². The molecule has 1 aromatic carbocycles. The maximum absolute atomic E-state index is 9.66. The normalized spacial score (nSPS) is 24.8. The molecule has 1 aliphatic carbocycles. The van der Waals surface area contributed by atoms with E-state index in [0.717, 1.165) is 25.8 Å². The fraction of sp³-hybridized carbons (Fsp3) is 0.588. The zero-order valence-corrected chi connectivity index (χ0v) is 11.7. The monoisotopic (exact) mass is 254 g/mol. The Kier molecular flexibility index (Phi) is 3.22. The standard InChI is InChI=1S/C17H22N2/c1-14-11-15-7-3-4-8-16(15)19(14)13-17(12-18)9-5-2-6-10-17/h3-4,7-8,14H,2,5-6,9-11,13H2,1H3. The number of nitrogens with zero attached hydrogens (tertiary/aromatic N) is 2. The summed E-state index contributed by atoms with van der Waals surface area (Å²) in [7, 11) is 0. The average molecular weight is 254 g/mol. The molecule has 3 rings (SSSR count). The zero-order valence-electron chi connectivity index (χ0n) is 11.7. The summed E-state index contributed by atoms with van der Waals surface area (Å²) in [6.07, 6.45) is 7.02. The van der Waals surface area contributed by atoms with Crippen LogP contribution in [0.1, 0.15) is 44.6 Å². The predicted molar refractivity (Wildman–Crippen MR) is 78.1 cm³/mol. The molecule has 2 nitrogen and oxygen atoms in total. The van der Waals surface area contributed by atoms with Gasteiger partial charge in [-0.2, -0.15) is 5.26 Å². The highest BCUT2D eigenvalue weighted by Gasteiger charge is 2.37. The van der Waals surface area contributed by atoms with Gasteiger partial charge in [-0.05, 0) is 37.8 Å². The quantitative estimate of drug-likeness (QED) is 0.800. The smallest absolute Gasteiger partial charge is 0.0748 e. The maximum atomic E-state index is 9.66. The fourth-order valence-corrected chi connectivity index (χ4v) is 3.73. The van der Waals surface area contributed by atoms with Gasteiger partial charge in [-0.1, -0.05) is 37.5 Å². The Bertz CT molecular complexity index is 494. The Morgan fingerprint density at radius 2 is 2.00 bits per heavy atom. The lowest BCUT2D eigenvalue weighted by Crippen LogP contribution is -2.41. The van der Waals surface area contributed by atoms with Crippen molar-refractivity contribution in [3.05, 3.63) is 29.8 Å². The second-order valence-corrected chi connectivity index (χ2v) is 6.26. The first kappa shape index (κ1) is 12.5. The van der Waals surface area contributed by atoms with Gasteiger partial charge in [0.25, 0.3) is 0 Å². The highest BCUT2D eigenvalue weighted by atomic mass is 15.2.